The maximum absolute atomic E-state index is 12.6. The Morgan fingerprint density at radius 2 is 1.86 bits per heavy atom. The molecule has 11 heteroatoms. The highest BCUT2D eigenvalue weighted by molar-refractivity contribution is 5.94. The third-order valence-corrected chi connectivity index (χ3v) is 4.03. The zero-order valence-corrected chi connectivity index (χ0v) is 15.2. The number of alkyl halides is 3. The lowest BCUT2D eigenvalue weighted by Gasteiger charge is -2.33. The number of hydrogen-bond acceptors (Lipinski definition) is 4. The predicted molar refractivity (Wildman–Crippen MR) is 93.5 cm³/mol. The standard InChI is InChI=1S/C17H21F3N4O4/c1-28-9-6-21-14(25)10-23-7-8-24(11-15(23)26)16(27)22-13-4-2-12(3-5-13)17(18,19)20/h2-5H,6-11H2,1H3,(H,21,25)(H,22,27). The first kappa shape index (κ1) is 21.5. The van der Waals surface area contributed by atoms with Crippen molar-refractivity contribution in [2.24, 2.45) is 0 Å². The number of rotatable bonds is 6. The number of hydrogen-bond donors (Lipinski definition) is 2. The minimum absolute atomic E-state index is 0.114. The number of carbonyl (C=O) groups excluding carboxylic acids is 3. The van der Waals surface area contributed by atoms with E-state index in [1.807, 2.05) is 0 Å². The smallest absolute Gasteiger partial charge is 0.383 e. The molecule has 1 aliphatic heterocycles. The van der Waals surface area contributed by atoms with Gasteiger partial charge in [-0.3, -0.25) is 9.59 Å². The number of piperazine rings is 1. The van der Waals surface area contributed by atoms with Gasteiger partial charge in [0, 0.05) is 32.4 Å². The highest BCUT2D eigenvalue weighted by Crippen LogP contribution is 2.29. The zero-order chi connectivity index (χ0) is 20.7. The number of anilines is 1. The summed E-state index contributed by atoms with van der Waals surface area (Å²) in [5.74, 6) is -0.719. The Morgan fingerprint density at radius 3 is 2.43 bits per heavy atom. The summed E-state index contributed by atoms with van der Waals surface area (Å²) in [6.07, 6.45) is -4.46. The molecule has 1 saturated heterocycles. The third-order valence-electron chi connectivity index (χ3n) is 4.03. The van der Waals surface area contributed by atoms with Crippen LogP contribution in [0, 0.1) is 0 Å². The van der Waals surface area contributed by atoms with Gasteiger partial charge >= 0.3 is 12.2 Å². The quantitative estimate of drug-likeness (QED) is 0.699. The van der Waals surface area contributed by atoms with Crippen molar-refractivity contribution in [1.82, 2.24) is 15.1 Å². The summed E-state index contributed by atoms with van der Waals surface area (Å²) in [6, 6.07) is 3.41. The van der Waals surface area contributed by atoms with Gasteiger partial charge in [0.05, 0.1) is 18.7 Å². The van der Waals surface area contributed by atoms with E-state index in [9.17, 15) is 27.6 Å². The predicted octanol–water partition coefficient (Wildman–Crippen LogP) is 1.14. The van der Waals surface area contributed by atoms with Crippen molar-refractivity contribution in [3.05, 3.63) is 29.8 Å². The van der Waals surface area contributed by atoms with Crippen LogP contribution in [-0.4, -0.2) is 74.1 Å². The molecule has 154 valence electrons. The number of nitrogens with one attached hydrogen (secondary N) is 2. The molecule has 0 bridgehead atoms. The highest BCUT2D eigenvalue weighted by Gasteiger charge is 2.31. The van der Waals surface area contributed by atoms with Gasteiger partial charge in [-0.2, -0.15) is 13.2 Å². The van der Waals surface area contributed by atoms with E-state index >= 15 is 0 Å². The minimum Gasteiger partial charge on any atom is -0.383 e. The van der Waals surface area contributed by atoms with Crippen molar-refractivity contribution < 1.29 is 32.3 Å². The number of benzene rings is 1. The van der Waals surface area contributed by atoms with Crippen LogP contribution in [0.3, 0.4) is 0 Å². The minimum atomic E-state index is -4.46. The van der Waals surface area contributed by atoms with E-state index in [1.54, 1.807) is 0 Å². The van der Waals surface area contributed by atoms with Gasteiger partial charge in [-0.25, -0.2) is 4.79 Å². The number of ether oxygens (including phenoxy) is 1. The summed E-state index contributed by atoms with van der Waals surface area (Å²) >= 11 is 0. The molecule has 0 radical (unpaired) electrons. The van der Waals surface area contributed by atoms with Crippen LogP contribution in [0.15, 0.2) is 24.3 Å². The summed E-state index contributed by atoms with van der Waals surface area (Å²) in [6.45, 7) is 0.728. The van der Waals surface area contributed by atoms with Gasteiger partial charge in [0.15, 0.2) is 0 Å². The van der Waals surface area contributed by atoms with Crippen molar-refractivity contribution >= 4 is 23.5 Å². The number of nitrogens with zero attached hydrogens (tertiary/aromatic N) is 2. The second kappa shape index (κ2) is 9.40. The Morgan fingerprint density at radius 1 is 1.18 bits per heavy atom. The average molecular weight is 402 g/mol. The number of carbonyl (C=O) groups is 3. The fraction of sp³-hybridized carbons (Fsp3) is 0.471. The molecule has 1 heterocycles. The van der Waals surface area contributed by atoms with E-state index in [-0.39, 0.29) is 37.8 Å². The Bertz CT molecular complexity index is 709. The fourth-order valence-electron chi connectivity index (χ4n) is 2.52. The number of urea groups is 1. The Balaban J connectivity index is 1.83. The SMILES string of the molecule is COCCNC(=O)CN1CCN(C(=O)Nc2ccc(C(F)(F)F)cc2)CC1=O. The third kappa shape index (κ3) is 6.12. The lowest BCUT2D eigenvalue weighted by molar-refractivity contribution is -0.139. The van der Waals surface area contributed by atoms with E-state index in [4.69, 9.17) is 4.74 Å². The molecule has 1 aromatic rings. The highest BCUT2D eigenvalue weighted by atomic mass is 19.4. The second-order valence-electron chi connectivity index (χ2n) is 6.08. The topological polar surface area (TPSA) is 91.0 Å². The summed E-state index contributed by atoms with van der Waals surface area (Å²) in [7, 11) is 1.50. The fourth-order valence-corrected chi connectivity index (χ4v) is 2.52. The zero-order valence-electron chi connectivity index (χ0n) is 15.2. The number of amides is 4. The summed E-state index contributed by atoms with van der Waals surface area (Å²) < 4.78 is 42.5. The van der Waals surface area contributed by atoms with Crippen LogP contribution in [0.2, 0.25) is 0 Å². The molecule has 4 amide bonds. The second-order valence-corrected chi connectivity index (χ2v) is 6.08. The molecule has 1 fully saturated rings. The van der Waals surface area contributed by atoms with Crippen LogP contribution in [0.25, 0.3) is 0 Å². The lowest BCUT2D eigenvalue weighted by atomic mass is 10.2. The van der Waals surface area contributed by atoms with Crippen LogP contribution in [0.4, 0.5) is 23.7 Å². The van der Waals surface area contributed by atoms with Crippen LogP contribution in [-0.2, 0) is 20.5 Å². The molecule has 0 aliphatic carbocycles. The van der Waals surface area contributed by atoms with Crippen molar-refractivity contribution in [1.29, 1.82) is 0 Å². The van der Waals surface area contributed by atoms with Gasteiger partial charge in [-0.15, -0.1) is 0 Å². The van der Waals surface area contributed by atoms with Crippen molar-refractivity contribution in [3.8, 4) is 0 Å². The molecule has 0 atom stereocenters. The maximum Gasteiger partial charge on any atom is 0.416 e. The molecule has 2 rings (SSSR count). The van der Waals surface area contributed by atoms with E-state index < -0.39 is 23.7 Å². The maximum atomic E-state index is 12.6. The van der Waals surface area contributed by atoms with E-state index in [0.717, 1.165) is 24.3 Å². The molecule has 0 saturated carbocycles. The molecule has 1 aromatic carbocycles. The largest absolute Gasteiger partial charge is 0.416 e. The van der Waals surface area contributed by atoms with Gasteiger partial charge in [0.2, 0.25) is 11.8 Å². The Kier molecular flexibility index (Phi) is 7.21. The van der Waals surface area contributed by atoms with Crippen LogP contribution in [0.5, 0.6) is 0 Å². The number of halogens is 3. The van der Waals surface area contributed by atoms with E-state index in [1.165, 1.54) is 16.9 Å². The molecule has 0 aromatic heterocycles. The van der Waals surface area contributed by atoms with Gasteiger partial charge in [-0.1, -0.05) is 0 Å². The van der Waals surface area contributed by atoms with Gasteiger partial charge in [0.25, 0.3) is 0 Å². The van der Waals surface area contributed by atoms with Crippen LogP contribution in [0.1, 0.15) is 5.56 Å². The summed E-state index contributed by atoms with van der Waals surface area (Å²) in [5, 5.41) is 5.06. The summed E-state index contributed by atoms with van der Waals surface area (Å²) in [5.41, 5.74) is -0.636. The van der Waals surface area contributed by atoms with Crippen molar-refractivity contribution in [2.75, 3.05) is 51.8 Å². The van der Waals surface area contributed by atoms with Gasteiger partial charge in [-0.05, 0) is 24.3 Å². The molecule has 0 spiro atoms. The van der Waals surface area contributed by atoms with E-state index in [0.29, 0.717) is 13.2 Å². The van der Waals surface area contributed by atoms with E-state index in [2.05, 4.69) is 10.6 Å². The lowest BCUT2D eigenvalue weighted by Crippen LogP contribution is -2.55. The van der Waals surface area contributed by atoms with Crippen molar-refractivity contribution in [2.45, 2.75) is 6.18 Å². The normalized spacial score (nSPS) is 14.8. The first-order chi connectivity index (χ1) is 13.2. The molecule has 1 aliphatic rings. The van der Waals surface area contributed by atoms with Crippen LogP contribution >= 0.6 is 0 Å². The first-order valence-electron chi connectivity index (χ1n) is 8.47. The van der Waals surface area contributed by atoms with Gasteiger partial charge in [0.1, 0.15) is 6.54 Å². The Hall–Kier alpha value is -2.82. The molecule has 0 unspecified atom stereocenters. The van der Waals surface area contributed by atoms with Gasteiger partial charge < -0.3 is 25.2 Å². The van der Waals surface area contributed by atoms with Crippen LogP contribution < -0.4 is 10.6 Å². The average Bonchev–Trinajstić information content (AvgIpc) is 2.63. The molecular weight excluding hydrogens is 381 g/mol. The van der Waals surface area contributed by atoms with Crippen molar-refractivity contribution in [3.63, 3.8) is 0 Å². The first-order valence-corrected chi connectivity index (χ1v) is 8.47. The molecule has 28 heavy (non-hydrogen) atoms. The molecule has 2 N–H and O–H groups in total. The Labute approximate surface area is 159 Å². The summed E-state index contributed by atoms with van der Waals surface area (Å²) in [4.78, 5) is 38.7. The molecule has 8 nitrogen and oxygen atoms in total. The monoisotopic (exact) mass is 402 g/mol. The number of methoxy groups -OCH3 is 1. The molecular formula is C17H21F3N4O4.